The third-order valence-corrected chi connectivity index (χ3v) is 48.8. The van der Waals surface area contributed by atoms with Crippen LogP contribution in [0.25, 0.3) is 5.57 Å². The highest BCUT2D eigenvalue weighted by atomic mass is 16.6. The van der Waals surface area contributed by atoms with Gasteiger partial charge in [-0.2, -0.15) is 0 Å². The zero-order valence-corrected chi connectivity index (χ0v) is 97.2. The number of allylic oxidation sites excluding steroid dienone is 10. The smallest absolute Gasteiger partial charge is 0.332 e. The third-order valence-electron chi connectivity index (χ3n) is 48.8. The molecule has 14 saturated carbocycles. The van der Waals surface area contributed by atoms with E-state index in [-0.39, 0.29) is 109 Å². The number of aliphatic hydroxyl groups is 7. The molecule has 21 aliphatic rings. The van der Waals surface area contributed by atoms with Crippen LogP contribution in [-0.2, 0) is 39.9 Å². The van der Waals surface area contributed by atoms with Crippen LogP contribution >= 0.6 is 0 Å². The lowest BCUT2D eigenvalue weighted by molar-refractivity contribution is -0.167. The number of Topliss-reactive ketones (excluding diaryl/α,β-unsaturated/α-hetero) is 4. The number of piperazine rings is 1. The molecule has 34 unspecified atom stereocenters. The van der Waals surface area contributed by atoms with Crippen molar-refractivity contribution in [3.05, 3.63) is 137 Å². The van der Waals surface area contributed by atoms with Crippen LogP contribution < -0.4 is 5.32 Å². The molecular weight excluding hydrogens is 1860 g/mol. The molecule has 16 heteroatoms. The van der Waals surface area contributed by atoms with Crippen LogP contribution in [-0.4, -0.2) is 148 Å². The number of amides is 1. The van der Waals surface area contributed by atoms with Crippen LogP contribution in [0.5, 0.6) is 0 Å². The van der Waals surface area contributed by atoms with E-state index in [4.69, 9.17) is 4.74 Å². The molecule has 2 bridgehead atoms. The molecule has 18 fully saturated rings. The molecule has 832 valence electrons. The van der Waals surface area contributed by atoms with E-state index in [1.54, 1.807) is 12.5 Å². The van der Waals surface area contributed by atoms with E-state index in [1.807, 2.05) is 6.92 Å². The molecule has 36 atom stereocenters. The second-order valence-corrected chi connectivity index (χ2v) is 58.3. The highest BCUT2D eigenvalue weighted by Gasteiger charge is 2.72. The van der Waals surface area contributed by atoms with Gasteiger partial charge in [0.1, 0.15) is 17.1 Å². The summed E-state index contributed by atoms with van der Waals surface area (Å²) in [6.07, 6.45) is 44.2. The number of benzene rings is 1. The molecule has 1 aromatic rings. The van der Waals surface area contributed by atoms with Gasteiger partial charge in [-0.15, -0.1) is 0 Å². The Bertz CT molecular complexity index is 5440. The van der Waals surface area contributed by atoms with Crippen molar-refractivity contribution >= 4 is 40.6 Å². The first kappa shape index (κ1) is 115. The minimum absolute atomic E-state index is 0.00367. The molecular formula is C134H202N2O14. The first-order chi connectivity index (χ1) is 70.3. The number of nitrogens with zero attached hydrogens (tertiary/aromatic N) is 1. The van der Waals surface area contributed by atoms with E-state index < -0.39 is 35.5 Å². The average Bonchev–Trinajstić information content (AvgIpc) is 1.43. The van der Waals surface area contributed by atoms with E-state index >= 15 is 0 Å². The second-order valence-electron chi connectivity index (χ2n) is 58.3. The van der Waals surface area contributed by atoms with E-state index in [0.29, 0.717) is 168 Å². The number of carbonyl (C=O) groups is 6. The lowest BCUT2D eigenvalue weighted by Crippen LogP contribution is -2.81. The molecule has 0 aromatic heterocycles. The predicted molar refractivity (Wildman–Crippen MR) is 602 cm³/mol. The largest absolute Gasteiger partial charge is 0.448 e. The SMILES string of the molecule is C=C(/C=C/C(C)C1CCC2/C(=C/C(=O)OC3(C)CCC(O)CC3=O)C(=O)CCC21C)C(C)C.C=C(/C=C/C(C)C1CCC2C3C(=O)CC4CC(O)CCC4(C)C3CCC12C)C(C)C.C=C(CCC(C)(O)C1CC(O)C2=C3C(O)CC4CC(O)CCC4(C)C3CCC21C)C(C)C.C=C(CCC(C)C1CCC2C3C(=O)CC4CC(O)CCC4(C)C3CCC12C)C(C)C.CC1(C)C2=C(C[C@@]34CN5CCCC5(C[C@@H]13)C(=O)N4)c1ccccc1C2. The Labute approximate surface area is 905 Å². The number of ether oxygens (including phenoxy) is 1. The molecule has 1 amide bonds. The number of carbonyl (C=O) groups excluding carboxylic acids is 6. The normalized spacial score (nSPS) is 43.4. The predicted octanol–water partition coefficient (Wildman–Crippen LogP) is 26.4. The Kier molecular flexibility index (Phi) is 33.1. The summed E-state index contributed by atoms with van der Waals surface area (Å²) in [6, 6.07) is 8.91. The van der Waals surface area contributed by atoms with Gasteiger partial charge < -0.3 is 45.8 Å². The van der Waals surface area contributed by atoms with Crippen molar-refractivity contribution in [1.82, 2.24) is 10.2 Å². The summed E-state index contributed by atoms with van der Waals surface area (Å²) in [5.41, 5.74) is 12.4. The number of rotatable bonds is 20. The monoisotopic (exact) mass is 2060 g/mol. The minimum atomic E-state index is -1.23. The van der Waals surface area contributed by atoms with Gasteiger partial charge in [0.2, 0.25) is 5.91 Å². The quantitative estimate of drug-likeness (QED) is 0.0261. The van der Waals surface area contributed by atoms with Crippen molar-refractivity contribution in [3.63, 3.8) is 0 Å². The van der Waals surface area contributed by atoms with Gasteiger partial charge >= 0.3 is 5.97 Å². The van der Waals surface area contributed by atoms with Crippen LogP contribution in [0.4, 0.5) is 0 Å². The molecule has 4 aliphatic heterocycles. The summed E-state index contributed by atoms with van der Waals surface area (Å²) in [4.78, 5) is 80.7. The number of hydrogen-bond acceptors (Lipinski definition) is 15. The lowest BCUT2D eigenvalue weighted by atomic mass is 9.44. The van der Waals surface area contributed by atoms with Crippen molar-refractivity contribution < 1.29 is 69.2 Å². The van der Waals surface area contributed by atoms with E-state index in [9.17, 15) is 64.5 Å². The molecule has 0 radical (unpaired) electrons. The fourth-order valence-electron chi connectivity index (χ4n) is 38.8. The number of aliphatic hydroxyl groups excluding tert-OH is 6. The van der Waals surface area contributed by atoms with Crippen molar-refractivity contribution in [1.29, 1.82) is 0 Å². The standard InChI is InChI=1S/C28H40O5.C28H46O4.C28H46O2.C28H44O2.C22H26N2O/c1-17(2)18(3)7-8-19(4)22-9-10-23-21(24(30)12-13-27(22,23)5)16-26(32)33-28(6)14-11-20(29)15-25(28)31;1-16(2)17(3)7-12-28(6,32)23-15-22(31)25-24-20(9-11-27(23,25)5)26(4)10-8-19(29)13-18(26)14-21(24)30;2*1-17(2)18(3)7-8-19(4)22-9-10-23-26-24(12-14-28(22,23)6)27(5)13-11-21(29)15-20(27)16-25(26)30;1-20(2)17-10-14-6-3-4-7-15(14)16(17)11-21-13-24-9-5-8-22(24,12-18(20)21)19(25)23-21/h7-8,16-17,19-20,22-23,29H,3,9-15H2,1-2,4-6H3;16,18-23,29-32H,3,7-15H2,1-2,4-6H3;17,19-24,26,29H,3,7-16H2,1-2,4-6H3;7-8,17,19-24,26,29H,3,9-16H2,1-2,4-6H3;3-4,6-7,18H,5,8-13H2,1-2H3,(H,23,25)/b8-7+,21-16-;;;8-7+;/t;;;;18-,21+,22?/m....0/s1. The van der Waals surface area contributed by atoms with Crippen LogP contribution in [0.2, 0.25) is 0 Å². The van der Waals surface area contributed by atoms with Crippen LogP contribution in [0.15, 0.2) is 126 Å². The summed E-state index contributed by atoms with van der Waals surface area (Å²) in [5, 5.41) is 78.3. The van der Waals surface area contributed by atoms with E-state index in [2.05, 4.69) is 224 Å². The van der Waals surface area contributed by atoms with E-state index in [0.717, 1.165) is 188 Å². The maximum atomic E-state index is 13.5. The Balaban J connectivity index is 0.000000128. The summed E-state index contributed by atoms with van der Waals surface area (Å²) in [6.45, 7) is 68.9. The summed E-state index contributed by atoms with van der Waals surface area (Å²) in [5.74, 6) is 10.7. The highest BCUT2D eigenvalue weighted by molar-refractivity contribution is 6.03. The minimum Gasteiger partial charge on any atom is -0.448 e. The molecule has 2 spiro atoms. The topological polar surface area (TPSA) is 269 Å². The Morgan fingerprint density at radius 1 is 0.533 bits per heavy atom. The number of ketones is 4. The molecule has 17 aliphatic carbocycles. The van der Waals surface area contributed by atoms with Gasteiger partial charge in [-0.05, 0) is 441 Å². The fourth-order valence-corrected chi connectivity index (χ4v) is 38.8. The summed E-state index contributed by atoms with van der Waals surface area (Å²) < 4.78 is 5.58. The lowest BCUT2D eigenvalue weighted by Gasteiger charge is -2.66. The zero-order chi connectivity index (χ0) is 109. The van der Waals surface area contributed by atoms with Crippen molar-refractivity contribution in [3.8, 4) is 0 Å². The molecule has 150 heavy (non-hydrogen) atoms. The molecule has 1 aromatic carbocycles. The zero-order valence-electron chi connectivity index (χ0n) is 97.2. The second kappa shape index (κ2) is 43.1. The van der Waals surface area contributed by atoms with Gasteiger partial charge in [0.05, 0.1) is 47.8 Å². The Morgan fingerprint density at radius 2 is 1.05 bits per heavy atom. The van der Waals surface area contributed by atoms with Gasteiger partial charge in [0.25, 0.3) is 0 Å². The number of fused-ring (bicyclic) bond motifs is 18. The average molecular weight is 2070 g/mol. The number of esters is 1. The highest BCUT2D eigenvalue weighted by Crippen LogP contribution is 2.73. The maximum Gasteiger partial charge on any atom is 0.332 e. The molecule has 16 nitrogen and oxygen atoms in total. The molecule has 22 rings (SSSR count). The number of piperidine rings is 2. The Morgan fingerprint density at radius 3 is 1.63 bits per heavy atom. The van der Waals surface area contributed by atoms with Gasteiger partial charge in [-0.1, -0.05) is 241 Å². The summed E-state index contributed by atoms with van der Waals surface area (Å²) >= 11 is 0. The van der Waals surface area contributed by atoms with Gasteiger partial charge in [-0.25, -0.2) is 4.79 Å². The van der Waals surface area contributed by atoms with Crippen molar-refractivity contribution in [2.24, 2.45) is 179 Å². The van der Waals surface area contributed by atoms with Crippen molar-refractivity contribution in [2.75, 3.05) is 13.1 Å². The van der Waals surface area contributed by atoms with Gasteiger partial charge in [0.15, 0.2) is 17.2 Å². The summed E-state index contributed by atoms with van der Waals surface area (Å²) in [7, 11) is 0. The number of nitrogens with one attached hydrogen (secondary N) is 1. The molecule has 4 heterocycles. The molecule has 4 saturated heterocycles. The first-order valence-electron chi connectivity index (χ1n) is 60.9. The van der Waals surface area contributed by atoms with Crippen molar-refractivity contribution in [2.45, 2.75) is 462 Å². The molecule has 8 N–H and O–H groups in total. The first-order valence-corrected chi connectivity index (χ1v) is 60.9. The van der Waals surface area contributed by atoms with Crippen LogP contribution in [0.1, 0.15) is 407 Å². The number of hydrogen-bond donors (Lipinski definition) is 8. The third kappa shape index (κ3) is 20.6. The van der Waals surface area contributed by atoms with E-state index in [1.165, 1.54) is 98.1 Å². The van der Waals surface area contributed by atoms with Crippen LogP contribution in [0, 0.1) is 179 Å². The maximum absolute atomic E-state index is 13.5. The van der Waals surface area contributed by atoms with Gasteiger partial charge in [-0.3, -0.25) is 28.9 Å². The Hall–Kier alpha value is -5.82. The van der Waals surface area contributed by atoms with Gasteiger partial charge in [0, 0.05) is 55.7 Å². The fraction of sp³-hybridized carbons (Fsp3) is 0.776. The van der Waals surface area contributed by atoms with Crippen LogP contribution in [0.3, 0.4) is 0 Å².